The molecule has 0 bridgehead atoms. The molecule has 0 atom stereocenters. The van der Waals surface area contributed by atoms with Crippen LogP contribution in [-0.2, 0) is 4.74 Å². The van der Waals surface area contributed by atoms with Crippen molar-refractivity contribution in [2.24, 2.45) is 0 Å². The highest BCUT2D eigenvalue weighted by atomic mass is 32.2. The molecule has 0 aliphatic rings. The maximum Gasteiger partial charge on any atom is 0.341 e. The van der Waals surface area contributed by atoms with Crippen LogP contribution in [0, 0.1) is 5.82 Å². The first-order valence-corrected chi connectivity index (χ1v) is 8.74. The normalized spacial score (nSPS) is 11.1. The van der Waals surface area contributed by atoms with Gasteiger partial charge in [-0.1, -0.05) is 24.3 Å². The van der Waals surface area contributed by atoms with Gasteiger partial charge in [-0.25, -0.2) is 9.18 Å². The fraction of sp³-hybridized carbons (Fsp3) is 0.0500. The molecular weight excluding hydrogens is 323 g/mol. The van der Waals surface area contributed by atoms with E-state index in [4.69, 9.17) is 4.74 Å². The van der Waals surface area contributed by atoms with Crippen LogP contribution in [0.25, 0.3) is 25.1 Å². The monoisotopic (exact) mass is 337 g/mol. The molecule has 0 N–H and O–H groups in total. The number of fused-ring (bicyclic) bond motifs is 3. The molecule has 0 amide bonds. The van der Waals surface area contributed by atoms with Crippen LogP contribution in [0.5, 0.6) is 0 Å². The number of hydrogen-bond donors (Lipinski definition) is 0. The van der Waals surface area contributed by atoms with E-state index in [0.29, 0.717) is 0 Å². The average Bonchev–Trinajstić information content (AvgIpc) is 2.96. The van der Waals surface area contributed by atoms with E-state index < -0.39 is 11.8 Å². The van der Waals surface area contributed by atoms with E-state index in [-0.39, 0.29) is 16.0 Å². The minimum Gasteiger partial charge on any atom is -0.465 e. The standard InChI is InChI=1S/C20H14FO2S/c1-23-20(22)16-12-13(10-11-17(16)21)24-18-8-4-2-6-14(18)15-7-3-5-9-19(15)24/h2-12H,1H3/q+1. The summed E-state index contributed by atoms with van der Waals surface area (Å²) in [5, 5.41) is 2.39. The predicted octanol–water partition coefficient (Wildman–Crippen LogP) is 5.66. The van der Waals surface area contributed by atoms with Crippen LogP contribution < -0.4 is 0 Å². The summed E-state index contributed by atoms with van der Waals surface area (Å²) in [6.45, 7) is 0. The Morgan fingerprint density at radius 2 is 1.50 bits per heavy atom. The third-order valence-corrected chi connectivity index (χ3v) is 6.40. The number of hydrogen-bond acceptors (Lipinski definition) is 2. The van der Waals surface area contributed by atoms with Crippen LogP contribution in [0.3, 0.4) is 0 Å². The number of methoxy groups -OCH3 is 1. The van der Waals surface area contributed by atoms with Crippen LogP contribution >= 0.6 is 10.5 Å². The number of thiophene rings is 1. The summed E-state index contributed by atoms with van der Waals surface area (Å²) >= 11 is 0. The summed E-state index contributed by atoms with van der Waals surface area (Å²) in [5.41, 5.74) is -0.0237. The Morgan fingerprint density at radius 3 is 2.08 bits per heavy atom. The Bertz CT molecular complexity index is 1030. The van der Waals surface area contributed by atoms with Crippen LogP contribution in [0.15, 0.2) is 66.7 Å². The average molecular weight is 337 g/mol. The lowest BCUT2D eigenvalue weighted by Gasteiger charge is -2.01. The summed E-state index contributed by atoms with van der Waals surface area (Å²) in [7, 11) is 0.909. The van der Waals surface area contributed by atoms with E-state index in [0.717, 1.165) is 4.90 Å². The highest BCUT2D eigenvalue weighted by Gasteiger charge is 2.25. The number of halogens is 1. The van der Waals surface area contributed by atoms with Gasteiger partial charge in [0, 0.05) is 33.4 Å². The van der Waals surface area contributed by atoms with E-state index in [1.807, 2.05) is 24.3 Å². The second-order valence-corrected chi connectivity index (χ2v) is 7.40. The summed E-state index contributed by atoms with van der Waals surface area (Å²) in [6, 6.07) is 21.2. The zero-order chi connectivity index (χ0) is 16.7. The van der Waals surface area contributed by atoms with Gasteiger partial charge in [0.1, 0.15) is 11.4 Å². The molecule has 3 aromatic carbocycles. The molecule has 1 heterocycles. The van der Waals surface area contributed by atoms with Crippen LogP contribution in [0.2, 0.25) is 0 Å². The molecular formula is C20H14FO2S+. The van der Waals surface area contributed by atoms with E-state index in [2.05, 4.69) is 24.3 Å². The van der Waals surface area contributed by atoms with Crippen molar-refractivity contribution in [3.05, 3.63) is 78.1 Å². The van der Waals surface area contributed by atoms with E-state index in [1.54, 1.807) is 12.1 Å². The lowest BCUT2D eigenvalue weighted by atomic mass is 10.2. The Hall–Kier alpha value is -2.72. The molecule has 0 saturated carbocycles. The summed E-state index contributed by atoms with van der Waals surface area (Å²) < 4.78 is 21.1. The molecule has 1 aromatic heterocycles. The van der Waals surface area contributed by atoms with E-state index >= 15 is 0 Å². The van der Waals surface area contributed by atoms with Crippen molar-refractivity contribution >= 4 is 36.6 Å². The van der Waals surface area contributed by atoms with Crippen molar-refractivity contribution in [2.45, 2.75) is 0 Å². The maximum absolute atomic E-state index is 14.0. The number of esters is 1. The SMILES string of the molecule is COC(=O)c1cc(-[s+]2c3ccccc3c3ccccc32)ccc1F. The third kappa shape index (κ3) is 2.19. The van der Waals surface area contributed by atoms with Gasteiger partial charge in [0.05, 0.1) is 7.11 Å². The molecule has 0 aliphatic carbocycles. The van der Waals surface area contributed by atoms with Gasteiger partial charge in [-0.2, -0.15) is 0 Å². The lowest BCUT2D eigenvalue weighted by Crippen LogP contribution is -2.04. The maximum atomic E-state index is 14.0. The van der Waals surface area contributed by atoms with Gasteiger partial charge in [0.2, 0.25) is 0 Å². The topological polar surface area (TPSA) is 26.3 Å². The number of benzene rings is 3. The minimum absolute atomic E-state index is 0.0237. The Labute approximate surface area is 141 Å². The quantitative estimate of drug-likeness (QED) is 0.349. The number of carbonyl (C=O) groups excluding carboxylic acids is 1. The van der Waals surface area contributed by atoms with Crippen molar-refractivity contribution in [1.29, 1.82) is 0 Å². The van der Waals surface area contributed by atoms with E-state index in [9.17, 15) is 9.18 Å². The van der Waals surface area contributed by atoms with Crippen molar-refractivity contribution in [2.75, 3.05) is 7.11 Å². The first-order valence-electron chi connectivity index (χ1n) is 7.51. The molecule has 24 heavy (non-hydrogen) atoms. The van der Waals surface area contributed by atoms with Crippen molar-refractivity contribution in [1.82, 2.24) is 0 Å². The molecule has 0 spiro atoms. The van der Waals surface area contributed by atoms with E-state index in [1.165, 1.54) is 33.3 Å². The fourth-order valence-electron chi connectivity index (χ4n) is 3.00. The van der Waals surface area contributed by atoms with Gasteiger partial charge in [-0.05, 0) is 30.3 Å². The molecule has 118 valence electrons. The third-order valence-electron chi connectivity index (χ3n) is 4.08. The highest BCUT2D eigenvalue weighted by molar-refractivity contribution is 7.50. The molecule has 2 nitrogen and oxygen atoms in total. The largest absolute Gasteiger partial charge is 0.465 e. The predicted molar refractivity (Wildman–Crippen MR) is 96.6 cm³/mol. The zero-order valence-electron chi connectivity index (χ0n) is 13.0. The zero-order valence-corrected chi connectivity index (χ0v) is 13.8. The summed E-state index contributed by atoms with van der Waals surface area (Å²) in [5.74, 6) is -1.21. The van der Waals surface area contributed by atoms with Crippen LogP contribution in [0.1, 0.15) is 10.4 Å². The Morgan fingerprint density at radius 1 is 0.917 bits per heavy atom. The van der Waals surface area contributed by atoms with Gasteiger partial charge < -0.3 is 4.74 Å². The summed E-state index contributed by atoms with van der Waals surface area (Å²) in [6.07, 6.45) is 0. The molecule has 4 heteroatoms. The van der Waals surface area contributed by atoms with Crippen LogP contribution in [0.4, 0.5) is 4.39 Å². The highest BCUT2D eigenvalue weighted by Crippen LogP contribution is 2.48. The first kappa shape index (κ1) is 14.8. The molecule has 0 unspecified atom stereocenters. The number of carbonyl (C=O) groups is 1. The van der Waals surface area contributed by atoms with Gasteiger partial charge in [-0.15, -0.1) is 0 Å². The van der Waals surface area contributed by atoms with Gasteiger partial charge >= 0.3 is 5.97 Å². The number of rotatable bonds is 2. The number of ether oxygens (including phenoxy) is 1. The second-order valence-electron chi connectivity index (χ2n) is 5.43. The van der Waals surface area contributed by atoms with Crippen molar-refractivity contribution in [3.63, 3.8) is 0 Å². The van der Waals surface area contributed by atoms with Crippen molar-refractivity contribution < 1.29 is 13.9 Å². The van der Waals surface area contributed by atoms with Gasteiger partial charge in [0.25, 0.3) is 0 Å². The molecule has 0 radical (unpaired) electrons. The molecule has 4 rings (SSSR count). The van der Waals surface area contributed by atoms with Gasteiger partial charge in [-0.3, -0.25) is 0 Å². The smallest absolute Gasteiger partial charge is 0.341 e. The molecule has 0 saturated heterocycles. The van der Waals surface area contributed by atoms with Gasteiger partial charge in [0.15, 0.2) is 14.3 Å². The van der Waals surface area contributed by atoms with Crippen LogP contribution in [-0.4, -0.2) is 13.1 Å². The molecule has 4 aromatic rings. The Balaban J connectivity index is 2.08. The Kier molecular flexibility index (Phi) is 3.54. The fourth-order valence-corrected chi connectivity index (χ4v) is 5.41. The molecule has 0 aliphatic heterocycles. The minimum atomic E-state index is -0.654. The summed E-state index contributed by atoms with van der Waals surface area (Å²) in [4.78, 5) is 12.7. The van der Waals surface area contributed by atoms with Crippen molar-refractivity contribution in [3.8, 4) is 4.90 Å². The lowest BCUT2D eigenvalue weighted by molar-refractivity contribution is 0.0595. The molecule has 0 fully saturated rings. The second kappa shape index (κ2) is 5.73. The first-order chi connectivity index (χ1) is 11.7.